The van der Waals surface area contributed by atoms with E-state index in [0.717, 1.165) is 42.3 Å². The molecule has 246 valence electrons. The Balaban J connectivity index is 1.03. The van der Waals surface area contributed by atoms with E-state index in [-0.39, 0.29) is 34.8 Å². The second-order valence-corrected chi connectivity index (χ2v) is 15.4. The Morgan fingerprint density at radius 1 is 0.957 bits per heavy atom. The summed E-state index contributed by atoms with van der Waals surface area (Å²) in [5.41, 5.74) is 1.28. The highest BCUT2D eigenvalue weighted by Gasteiger charge is 2.69. The van der Waals surface area contributed by atoms with Gasteiger partial charge in [0, 0.05) is 54.4 Å². The van der Waals surface area contributed by atoms with E-state index >= 15 is 0 Å². The molecule has 0 radical (unpaired) electrons. The Hall–Kier alpha value is -3.06. The summed E-state index contributed by atoms with van der Waals surface area (Å²) >= 11 is 0. The van der Waals surface area contributed by atoms with Gasteiger partial charge in [0.2, 0.25) is 5.79 Å². The van der Waals surface area contributed by atoms with E-state index in [2.05, 4.69) is 18.6 Å². The molecule has 0 unspecified atom stereocenters. The van der Waals surface area contributed by atoms with Crippen molar-refractivity contribution in [1.29, 1.82) is 0 Å². The Kier molecular flexibility index (Phi) is 7.93. The maximum Gasteiger partial charge on any atom is 0.264 e. The summed E-state index contributed by atoms with van der Waals surface area (Å²) in [5.74, 6) is -0.602. The lowest BCUT2D eigenvalue weighted by Gasteiger charge is -2.60. The summed E-state index contributed by atoms with van der Waals surface area (Å²) in [6.07, 6.45) is 2.70. The van der Waals surface area contributed by atoms with Gasteiger partial charge in [0.25, 0.3) is 15.9 Å². The lowest BCUT2D eigenvalue weighted by molar-refractivity contribution is -0.577. The fourth-order valence-electron chi connectivity index (χ4n) is 8.12. The van der Waals surface area contributed by atoms with Crippen molar-refractivity contribution in [2.75, 3.05) is 19.0 Å². The average Bonchev–Trinajstić information content (AvgIpc) is 3.27. The number of hydrogen-bond acceptors (Lipinski definition) is 9. The van der Waals surface area contributed by atoms with Crippen molar-refractivity contribution in [3.05, 3.63) is 71.8 Å². The first-order chi connectivity index (χ1) is 21.9. The Bertz CT molecular complexity index is 1750. The number of nitrogens with zero attached hydrogens (tertiary/aromatic N) is 1. The smallest absolute Gasteiger partial charge is 0.264 e. The van der Waals surface area contributed by atoms with Crippen LogP contribution in [0.15, 0.2) is 65.6 Å². The van der Waals surface area contributed by atoms with Gasteiger partial charge in [-0.15, -0.1) is 0 Å². The van der Waals surface area contributed by atoms with Crippen molar-refractivity contribution in [2.24, 2.45) is 23.7 Å². The highest BCUT2D eigenvalue weighted by molar-refractivity contribution is 7.90. The number of sulfonamides is 1. The molecule has 4 heterocycles. The summed E-state index contributed by atoms with van der Waals surface area (Å²) < 4.78 is 48.2. The topological polar surface area (TPSA) is 113 Å². The number of benzene rings is 3. The standard InChI is InChI=1S/C35H42N2O8S/c1-21-12-17-28-22(2)32(42-33-35(28)27(21)18-19-34(3,43-33)44-45-35)41-20-23-13-15-24(16-14-23)31(38)36-46(39,40)30-11-7-8-25-26(30)9-6-10-29(25)37(4)5/h6-11,13-16,21-22,27-28,32-33H,12,17-20H2,1-5H3,(H,36,38)/t21-,22-,27+,28+,32+,33-,34-,35-/m1/s1. The fraction of sp³-hybridized carbons (Fsp3) is 0.514. The third kappa shape index (κ3) is 5.21. The van der Waals surface area contributed by atoms with Crippen LogP contribution in [-0.4, -0.2) is 52.4 Å². The molecule has 1 spiro atoms. The quantitative estimate of drug-likeness (QED) is 0.320. The van der Waals surface area contributed by atoms with E-state index in [1.807, 2.05) is 38.1 Å². The average molecular weight is 651 g/mol. The van der Waals surface area contributed by atoms with Crippen LogP contribution < -0.4 is 9.62 Å². The molecule has 8 rings (SSSR count). The van der Waals surface area contributed by atoms with Gasteiger partial charge in [-0.3, -0.25) is 4.79 Å². The van der Waals surface area contributed by atoms with Crippen LogP contribution in [0.5, 0.6) is 0 Å². The van der Waals surface area contributed by atoms with Crippen molar-refractivity contribution in [2.45, 2.75) is 81.9 Å². The number of rotatable bonds is 7. The number of hydrogen-bond donors (Lipinski definition) is 1. The van der Waals surface area contributed by atoms with Crippen LogP contribution in [0.4, 0.5) is 5.69 Å². The van der Waals surface area contributed by atoms with Crippen LogP contribution in [0.2, 0.25) is 0 Å². The predicted molar refractivity (Wildman–Crippen MR) is 171 cm³/mol. The third-order valence-electron chi connectivity index (χ3n) is 10.6. The minimum absolute atomic E-state index is 0.0408. The molecular weight excluding hydrogens is 608 g/mol. The molecule has 10 nitrogen and oxygen atoms in total. The Morgan fingerprint density at radius 2 is 1.70 bits per heavy atom. The molecule has 5 fully saturated rings. The van der Waals surface area contributed by atoms with Crippen molar-refractivity contribution in [3.63, 3.8) is 0 Å². The monoisotopic (exact) mass is 650 g/mol. The van der Waals surface area contributed by atoms with Crippen LogP contribution in [0.1, 0.15) is 62.4 Å². The number of anilines is 1. The van der Waals surface area contributed by atoms with E-state index in [1.165, 1.54) is 6.07 Å². The van der Waals surface area contributed by atoms with Crippen LogP contribution in [0.3, 0.4) is 0 Å². The van der Waals surface area contributed by atoms with Crippen LogP contribution in [0, 0.1) is 23.7 Å². The van der Waals surface area contributed by atoms with Crippen molar-refractivity contribution in [1.82, 2.24) is 4.72 Å². The van der Waals surface area contributed by atoms with E-state index in [1.54, 1.807) is 42.5 Å². The molecule has 1 saturated carbocycles. The molecule has 1 aliphatic carbocycles. The molecule has 4 saturated heterocycles. The number of amides is 1. The van der Waals surface area contributed by atoms with Crippen molar-refractivity contribution >= 4 is 32.4 Å². The molecule has 11 heteroatoms. The SMILES string of the molecule is C[C@H]1[C@@H](OCc2ccc(C(=O)NS(=O)(=O)c3cccc4c(N(C)C)cccc34)cc2)O[C@@H]2O[C@@]3(C)CC[C@H]4[C@H](C)CC[C@@H]1[C@@]24OO3. The molecule has 8 atom stereocenters. The molecule has 3 aromatic rings. The van der Waals surface area contributed by atoms with Gasteiger partial charge in [-0.05, 0) is 67.9 Å². The number of carbonyl (C=O) groups is 1. The highest BCUT2D eigenvalue weighted by Crippen LogP contribution is 2.60. The first kappa shape index (κ1) is 31.5. The summed E-state index contributed by atoms with van der Waals surface area (Å²) in [5, 5.41) is 1.32. The summed E-state index contributed by atoms with van der Waals surface area (Å²) in [4.78, 5) is 27.2. The summed E-state index contributed by atoms with van der Waals surface area (Å²) in [7, 11) is -0.343. The maximum atomic E-state index is 13.4. The normalized spacial score (nSPS) is 33.7. The van der Waals surface area contributed by atoms with Crippen molar-refractivity contribution < 1.29 is 37.2 Å². The zero-order valence-electron chi connectivity index (χ0n) is 26.9. The Labute approximate surface area is 270 Å². The number of carbonyl (C=O) groups excluding carboxylic acids is 1. The zero-order valence-corrected chi connectivity index (χ0v) is 27.7. The maximum absolute atomic E-state index is 13.4. The zero-order chi connectivity index (χ0) is 32.4. The van der Waals surface area contributed by atoms with E-state index in [9.17, 15) is 13.2 Å². The van der Waals surface area contributed by atoms with Gasteiger partial charge in [-0.25, -0.2) is 22.9 Å². The molecule has 4 aliphatic heterocycles. The summed E-state index contributed by atoms with van der Waals surface area (Å²) in [6.45, 7) is 6.58. The predicted octanol–water partition coefficient (Wildman–Crippen LogP) is 5.75. The number of fused-ring (bicyclic) bond motifs is 3. The van der Waals surface area contributed by atoms with Gasteiger partial charge in [0.15, 0.2) is 18.2 Å². The number of ether oxygens (including phenoxy) is 3. The van der Waals surface area contributed by atoms with Gasteiger partial charge < -0.3 is 19.1 Å². The lowest BCUT2D eigenvalue weighted by atomic mass is 9.58. The molecular formula is C35H42N2O8S. The number of nitrogens with one attached hydrogen (secondary N) is 1. The summed E-state index contributed by atoms with van der Waals surface area (Å²) in [6, 6.07) is 17.2. The van der Waals surface area contributed by atoms with Crippen LogP contribution in [-0.2, 0) is 40.6 Å². The molecule has 46 heavy (non-hydrogen) atoms. The molecule has 0 aromatic heterocycles. The minimum Gasteiger partial charge on any atom is -0.377 e. The van der Waals surface area contributed by atoms with Gasteiger partial charge in [-0.2, -0.15) is 0 Å². The van der Waals surface area contributed by atoms with E-state index < -0.39 is 39.9 Å². The van der Waals surface area contributed by atoms with Gasteiger partial charge in [0.05, 0.1) is 11.5 Å². The minimum atomic E-state index is -4.14. The first-order valence-corrected chi connectivity index (χ1v) is 17.6. The molecule has 1 N–H and O–H groups in total. The fourth-order valence-corrected chi connectivity index (χ4v) is 9.32. The molecule has 1 amide bonds. The lowest BCUT2D eigenvalue weighted by Crippen LogP contribution is -2.70. The van der Waals surface area contributed by atoms with Crippen molar-refractivity contribution in [3.8, 4) is 0 Å². The largest absolute Gasteiger partial charge is 0.377 e. The van der Waals surface area contributed by atoms with Gasteiger partial charge in [0.1, 0.15) is 0 Å². The van der Waals surface area contributed by atoms with E-state index in [0.29, 0.717) is 11.3 Å². The van der Waals surface area contributed by atoms with Gasteiger partial charge in [-0.1, -0.05) is 50.2 Å². The highest BCUT2D eigenvalue weighted by atomic mass is 32.2. The Morgan fingerprint density at radius 3 is 2.46 bits per heavy atom. The molecule has 5 aliphatic rings. The first-order valence-electron chi connectivity index (χ1n) is 16.1. The van der Waals surface area contributed by atoms with Gasteiger partial charge >= 0.3 is 0 Å². The second kappa shape index (κ2) is 11.6. The third-order valence-corrected chi connectivity index (χ3v) is 12.0. The second-order valence-electron chi connectivity index (χ2n) is 13.7. The molecule has 2 bridgehead atoms. The van der Waals surface area contributed by atoms with Crippen LogP contribution in [0.25, 0.3) is 10.8 Å². The van der Waals surface area contributed by atoms with E-state index in [4.69, 9.17) is 24.0 Å². The van der Waals surface area contributed by atoms with Crippen LogP contribution >= 0.6 is 0 Å². The molecule has 3 aromatic carbocycles.